The highest BCUT2D eigenvalue weighted by Gasteiger charge is 2.26. The molecule has 0 amide bonds. The molecule has 7 heteroatoms. The van der Waals surface area contributed by atoms with E-state index in [1.807, 2.05) is 13.0 Å². The maximum absolute atomic E-state index is 13.0. The second kappa shape index (κ2) is 12.6. The van der Waals surface area contributed by atoms with Crippen LogP contribution in [-0.4, -0.2) is 31.1 Å². The molecule has 1 N–H and O–H groups in total. The lowest BCUT2D eigenvalue weighted by atomic mass is 9.93. The van der Waals surface area contributed by atoms with Crippen LogP contribution in [0.2, 0.25) is 10.0 Å². The summed E-state index contributed by atoms with van der Waals surface area (Å²) in [5.74, 6) is -0.878. The molecule has 0 fully saturated rings. The van der Waals surface area contributed by atoms with E-state index >= 15 is 0 Å². The number of methoxy groups -OCH3 is 2. The van der Waals surface area contributed by atoms with Crippen molar-refractivity contribution in [1.82, 2.24) is 0 Å². The van der Waals surface area contributed by atoms with Gasteiger partial charge in [-0.25, -0.2) is 4.79 Å². The van der Waals surface area contributed by atoms with Gasteiger partial charge in [-0.3, -0.25) is 4.79 Å². The third kappa shape index (κ3) is 7.12. The van der Waals surface area contributed by atoms with Crippen molar-refractivity contribution in [3.8, 4) is 11.5 Å². The van der Waals surface area contributed by atoms with E-state index in [-0.39, 0.29) is 39.7 Å². The number of halogens is 2. The molecule has 34 heavy (non-hydrogen) atoms. The Morgan fingerprint density at radius 1 is 1.03 bits per heavy atom. The number of allylic oxidation sites excluding steroid dienone is 4. The van der Waals surface area contributed by atoms with E-state index in [0.717, 1.165) is 12.8 Å². The molecule has 0 radical (unpaired) electrons. The van der Waals surface area contributed by atoms with Gasteiger partial charge in [0.05, 0.1) is 19.2 Å². The first kappa shape index (κ1) is 27.5. The second-order valence-electron chi connectivity index (χ2n) is 8.23. The molecule has 0 aliphatic rings. The lowest BCUT2D eigenvalue weighted by Crippen LogP contribution is -2.13. The van der Waals surface area contributed by atoms with Gasteiger partial charge < -0.3 is 14.6 Å². The molecule has 2 aromatic rings. The van der Waals surface area contributed by atoms with Crippen molar-refractivity contribution in [2.24, 2.45) is 0 Å². The lowest BCUT2D eigenvalue weighted by Gasteiger charge is -2.18. The van der Waals surface area contributed by atoms with Gasteiger partial charge in [-0.15, -0.1) is 0 Å². The van der Waals surface area contributed by atoms with E-state index in [1.54, 1.807) is 12.1 Å². The molecule has 2 aromatic carbocycles. The largest absolute Gasteiger partial charge is 0.496 e. The summed E-state index contributed by atoms with van der Waals surface area (Å²) in [5, 5.41) is 10.6. The average molecular weight is 505 g/mol. The Morgan fingerprint density at radius 3 is 2.29 bits per heavy atom. The molecule has 0 aromatic heterocycles. The summed E-state index contributed by atoms with van der Waals surface area (Å²) in [6, 6.07) is 6.16. The van der Waals surface area contributed by atoms with E-state index < -0.39 is 5.97 Å². The van der Waals surface area contributed by atoms with E-state index in [0.29, 0.717) is 22.8 Å². The zero-order valence-corrected chi connectivity index (χ0v) is 21.6. The van der Waals surface area contributed by atoms with Gasteiger partial charge in [0.15, 0.2) is 5.78 Å². The molecule has 0 unspecified atom stereocenters. The number of hydrogen-bond acceptors (Lipinski definition) is 4. The normalized spacial score (nSPS) is 11.2. The molecule has 182 valence electrons. The number of rotatable bonds is 11. The number of ether oxygens (including phenoxy) is 2. The molecule has 5 nitrogen and oxygen atoms in total. The minimum absolute atomic E-state index is 0.0627. The topological polar surface area (TPSA) is 72.8 Å². The SMILES string of the molecule is COc1cc(CC(=O)c2ccc(Cl)cc2Cl)c(C(=O)O)c(OC)c1C/C=C(\C)CCC=C(C)C. The number of aromatic carboxylic acids is 1. The van der Waals surface area contributed by atoms with Gasteiger partial charge in [-0.1, -0.05) is 46.5 Å². The second-order valence-corrected chi connectivity index (χ2v) is 9.07. The van der Waals surface area contributed by atoms with E-state index in [2.05, 4.69) is 19.9 Å². The van der Waals surface area contributed by atoms with Crippen LogP contribution in [0.25, 0.3) is 0 Å². The molecule has 0 aliphatic heterocycles. The van der Waals surface area contributed by atoms with Gasteiger partial charge in [-0.05, 0) is 69.9 Å². The Morgan fingerprint density at radius 2 is 1.74 bits per heavy atom. The Kier molecular flexibility index (Phi) is 10.2. The minimum Gasteiger partial charge on any atom is -0.496 e. The van der Waals surface area contributed by atoms with Crippen molar-refractivity contribution < 1.29 is 24.2 Å². The molecule has 0 saturated carbocycles. The molecular weight excluding hydrogens is 475 g/mol. The van der Waals surface area contributed by atoms with E-state index in [9.17, 15) is 14.7 Å². The Balaban J connectivity index is 2.47. The molecular formula is C27H30Cl2O5. The third-order valence-electron chi connectivity index (χ3n) is 5.39. The van der Waals surface area contributed by atoms with Crippen LogP contribution in [0, 0.1) is 0 Å². The monoisotopic (exact) mass is 504 g/mol. The quantitative estimate of drug-likeness (QED) is 0.255. The summed E-state index contributed by atoms with van der Waals surface area (Å²) < 4.78 is 11.1. The highest BCUT2D eigenvalue weighted by Crippen LogP contribution is 2.37. The van der Waals surface area contributed by atoms with Crippen molar-refractivity contribution >= 4 is 35.0 Å². The fraction of sp³-hybridized carbons (Fsp3) is 0.333. The predicted octanol–water partition coefficient (Wildman–Crippen LogP) is 7.37. The van der Waals surface area contributed by atoms with Crippen LogP contribution in [-0.2, 0) is 12.8 Å². The predicted molar refractivity (Wildman–Crippen MR) is 137 cm³/mol. The Labute approximate surface area is 211 Å². The first-order valence-corrected chi connectivity index (χ1v) is 11.6. The Hall–Kier alpha value is -2.76. The zero-order valence-electron chi connectivity index (χ0n) is 20.1. The van der Waals surface area contributed by atoms with Gasteiger partial charge in [0.25, 0.3) is 0 Å². The number of carbonyl (C=O) groups excluding carboxylic acids is 1. The van der Waals surface area contributed by atoms with E-state index in [4.69, 9.17) is 32.7 Å². The van der Waals surface area contributed by atoms with Crippen LogP contribution in [0.3, 0.4) is 0 Å². The highest BCUT2D eigenvalue weighted by atomic mass is 35.5. The van der Waals surface area contributed by atoms with Crippen LogP contribution in [0.15, 0.2) is 47.6 Å². The van der Waals surface area contributed by atoms with Crippen LogP contribution in [0.5, 0.6) is 11.5 Å². The summed E-state index contributed by atoms with van der Waals surface area (Å²) in [6.45, 7) is 6.17. The first-order valence-electron chi connectivity index (χ1n) is 10.9. The number of ketones is 1. The summed E-state index contributed by atoms with van der Waals surface area (Å²) in [7, 11) is 2.92. The zero-order chi connectivity index (χ0) is 25.4. The van der Waals surface area contributed by atoms with Crippen LogP contribution >= 0.6 is 23.2 Å². The molecule has 2 rings (SSSR count). The molecule has 0 aliphatic carbocycles. The van der Waals surface area contributed by atoms with Gasteiger partial charge in [0.2, 0.25) is 0 Å². The third-order valence-corrected chi connectivity index (χ3v) is 5.94. The molecule has 0 saturated heterocycles. The number of carbonyl (C=O) groups is 2. The summed E-state index contributed by atoms with van der Waals surface area (Å²) in [6.07, 6.45) is 6.31. The number of carboxylic acid groups (broad SMARTS) is 1. The van der Waals surface area contributed by atoms with Crippen molar-refractivity contribution in [2.75, 3.05) is 14.2 Å². The first-order chi connectivity index (χ1) is 16.1. The van der Waals surface area contributed by atoms with E-state index in [1.165, 1.54) is 37.5 Å². The maximum Gasteiger partial charge on any atom is 0.339 e. The number of Topliss-reactive ketones (excluding diaryl/α,β-unsaturated/α-hetero) is 1. The van der Waals surface area contributed by atoms with Gasteiger partial charge in [0.1, 0.15) is 17.1 Å². The van der Waals surface area contributed by atoms with Gasteiger partial charge >= 0.3 is 5.97 Å². The summed E-state index contributed by atoms with van der Waals surface area (Å²) >= 11 is 12.1. The van der Waals surface area contributed by atoms with Gasteiger partial charge in [0, 0.05) is 22.6 Å². The lowest BCUT2D eigenvalue weighted by molar-refractivity contribution is 0.0692. The van der Waals surface area contributed by atoms with Crippen LogP contribution < -0.4 is 9.47 Å². The molecule has 0 heterocycles. The maximum atomic E-state index is 13.0. The number of carboxylic acids is 1. The Bertz CT molecular complexity index is 1130. The standard InChI is InChI=1S/C27H30Cl2O5/c1-16(2)7-6-8-17(3)9-11-21-24(33-4)14-18(25(27(31)32)26(21)34-5)13-23(30)20-12-10-19(28)15-22(20)29/h7,9-10,12,14-15H,6,8,11,13H2,1-5H3,(H,31,32)/b17-9+. The summed E-state index contributed by atoms with van der Waals surface area (Å²) in [4.78, 5) is 25.2. The minimum atomic E-state index is -1.19. The number of hydrogen-bond donors (Lipinski definition) is 1. The highest BCUT2D eigenvalue weighted by molar-refractivity contribution is 6.36. The van der Waals surface area contributed by atoms with Crippen LogP contribution in [0.4, 0.5) is 0 Å². The van der Waals surface area contributed by atoms with Gasteiger partial charge in [-0.2, -0.15) is 0 Å². The van der Waals surface area contributed by atoms with Crippen molar-refractivity contribution in [3.05, 3.63) is 79.9 Å². The fourth-order valence-electron chi connectivity index (χ4n) is 3.65. The fourth-order valence-corrected chi connectivity index (χ4v) is 4.17. The van der Waals surface area contributed by atoms with Crippen molar-refractivity contribution in [1.29, 1.82) is 0 Å². The molecule has 0 atom stereocenters. The van der Waals surface area contributed by atoms with Crippen molar-refractivity contribution in [3.63, 3.8) is 0 Å². The molecule has 0 spiro atoms. The molecule has 0 bridgehead atoms. The average Bonchev–Trinajstić information content (AvgIpc) is 2.76. The van der Waals surface area contributed by atoms with Crippen molar-refractivity contribution in [2.45, 2.75) is 46.5 Å². The smallest absolute Gasteiger partial charge is 0.339 e. The summed E-state index contributed by atoms with van der Waals surface area (Å²) in [5.41, 5.74) is 3.55. The van der Waals surface area contributed by atoms with Crippen LogP contribution in [0.1, 0.15) is 65.5 Å². The number of benzene rings is 2.